The van der Waals surface area contributed by atoms with Gasteiger partial charge in [-0.05, 0) is 134 Å². The molecule has 9 aromatic carbocycles. The number of rotatable bonds is 3. The zero-order valence-corrected chi connectivity index (χ0v) is 35.6. The van der Waals surface area contributed by atoms with Gasteiger partial charge in [-0.25, -0.2) is 0 Å². The summed E-state index contributed by atoms with van der Waals surface area (Å²) in [4.78, 5) is 0. The van der Waals surface area contributed by atoms with Crippen LogP contribution in [0.1, 0.15) is 51.7 Å². The predicted octanol–water partition coefficient (Wildman–Crippen LogP) is 17.0. The molecule has 2 nitrogen and oxygen atoms in total. The van der Waals surface area contributed by atoms with E-state index in [0.29, 0.717) is 0 Å². The first-order chi connectivity index (χ1) is 29.7. The second-order valence-electron chi connectivity index (χ2n) is 18.7. The summed E-state index contributed by atoms with van der Waals surface area (Å²) in [5.74, 6) is 0. The maximum absolute atomic E-state index is 6.45. The summed E-state index contributed by atoms with van der Waals surface area (Å²) in [6, 6.07) is 61.3. The van der Waals surface area contributed by atoms with Crippen LogP contribution in [0.25, 0.3) is 113 Å². The van der Waals surface area contributed by atoms with Gasteiger partial charge in [-0.1, -0.05) is 131 Å². The molecule has 3 heteroatoms. The van der Waals surface area contributed by atoms with Gasteiger partial charge in [-0.3, -0.25) is 0 Å². The molecule has 3 aromatic heterocycles. The predicted molar refractivity (Wildman–Crippen MR) is 262 cm³/mol. The van der Waals surface area contributed by atoms with Gasteiger partial charge in [0.05, 0.1) is 11.0 Å². The number of nitrogens with zero attached hydrogens (tertiary/aromatic N) is 1. The van der Waals surface area contributed by atoms with Crippen molar-refractivity contribution in [2.45, 2.75) is 51.4 Å². The molecule has 13 rings (SSSR count). The first kappa shape index (κ1) is 35.1. The van der Waals surface area contributed by atoms with Crippen LogP contribution in [-0.2, 0) is 10.8 Å². The SMILES string of the molecule is CC1(C)CCC(C)(C)c2cc3c(cc21)c1c2ccccc2c2ccccc2c1n3-c1cccc(-c2cc(-c3ccc4c(c3)oc3ccccc34)c3c(c2)sc2ccccc23)c1. The summed E-state index contributed by atoms with van der Waals surface area (Å²) in [6.07, 6.45) is 2.35. The quantitative estimate of drug-likeness (QED) is 0.163. The second kappa shape index (κ2) is 12.4. The third kappa shape index (κ3) is 5.02. The van der Waals surface area contributed by atoms with Crippen LogP contribution >= 0.6 is 11.3 Å². The third-order valence-electron chi connectivity index (χ3n) is 14.2. The fourth-order valence-corrected chi connectivity index (χ4v) is 12.1. The van der Waals surface area contributed by atoms with Gasteiger partial charge in [-0.2, -0.15) is 0 Å². The highest BCUT2D eigenvalue weighted by Gasteiger charge is 2.38. The Kier molecular flexibility index (Phi) is 7.16. The average molecular weight is 802 g/mol. The molecule has 0 N–H and O–H groups in total. The molecule has 0 radical (unpaired) electrons. The Morgan fingerprint density at radius 2 is 1.10 bits per heavy atom. The van der Waals surface area contributed by atoms with Crippen molar-refractivity contribution in [3.05, 3.63) is 175 Å². The number of fused-ring (bicyclic) bond motifs is 15. The highest BCUT2D eigenvalue weighted by atomic mass is 32.1. The van der Waals surface area contributed by atoms with Crippen molar-refractivity contribution in [2.24, 2.45) is 0 Å². The Bertz CT molecular complexity index is 3830. The van der Waals surface area contributed by atoms with Crippen molar-refractivity contribution >= 4 is 96.8 Å². The van der Waals surface area contributed by atoms with Gasteiger partial charge < -0.3 is 8.98 Å². The van der Waals surface area contributed by atoms with Crippen molar-refractivity contribution in [2.75, 3.05) is 0 Å². The summed E-state index contributed by atoms with van der Waals surface area (Å²) in [5, 5.41) is 12.8. The van der Waals surface area contributed by atoms with Gasteiger partial charge in [0.15, 0.2) is 0 Å². The summed E-state index contributed by atoms with van der Waals surface area (Å²) in [6.45, 7) is 9.77. The Balaban J connectivity index is 1.10. The van der Waals surface area contributed by atoms with E-state index < -0.39 is 0 Å². The Hall–Kier alpha value is -6.68. The number of aromatic nitrogens is 1. The minimum atomic E-state index is 0.0771. The van der Waals surface area contributed by atoms with E-state index in [9.17, 15) is 0 Å². The molecule has 0 saturated carbocycles. The lowest BCUT2D eigenvalue weighted by Gasteiger charge is -2.42. The fourth-order valence-electron chi connectivity index (χ4n) is 11.0. The van der Waals surface area contributed by atoms with Crippen LogP contribution in [0.5, 0.6) is 0 Å². The largest absolute Gasteiger partial charge is 0.456 e. The normalized spacial score (nSPS) is 15.0. The standard InChI is InChI=1S/C58H43NOS/c1-57(2)26-27-58(3,4)48-33-49-46(32-47(48)57)55-42-19-7-5-16-38(42)39-17-6-8-20-43(39)56(55)59(49)37-15-13-14-34(28-37)36-29-45(54-44-21-10-12-23-52(44)61-53(54)31-36)35-24-25-41-40-18-9-11-22-50(40)60-51(41)30-35/h5-25,28-33H,26-27H2,1-4H3. The van der Waals surface area contributed by atoms with Crippen LogP contribution in [0.2, 0.25) is 0 Å². The van der Waals surface area contributed by atoms with Crippen LogP contribution in [0, 0.1) is 0 Å². The Labute approximate surface area is 358 Å². The van der Waals surface area contributed by atoms with Gasteiger partial charge in [-0.15, -0.1) is 11.3 Å². The van der Waals surface area contributed by atoms with E-state index in [-0.39, 0.29) is 10.8 Å². The number of thiophene rings is 1. The number of para-hydroxylation sites is 1. The van der Waals surface area contributed by atoms with Crippen molar-refractivity contribution in [3.63, 3.8) is 0 Å². The van der Waals surface area contributed by atoms with Crippen LogP contribution in [0.15, 0.2) is 168 Å². The molecule has 0 amide bonds. The molecule has 12 aromatic rings. The maximum Gasteiger partial charge on any atom is 0.136 e. The van der Waals surface area contributed by atoms with Crippen molar-refractivity contribution in [3.8, 4) is 27.9 Å². The topological polar surface area (TPSA) is 18.1 Å². The molecule has 1 aliphatic rings. The first-order valence-corrected chi connectivity index (χ1v) is 22.4. The highest BCUT2D eigenvalue weighted by Crippen LogP contribution is 2.51. The lowest BCUT2D eigenvalue weighted by atomic mass is 9.63. The summed E-state index contributed by atoms with van der Waals surface area (Å²) < 4.78 is 11.6. The zero-order valence-electron chi connectivity index (χ0n) is 34.8. The molecular formula is C58H43NOS. The number of hydrogen-bond acceptors (Lipinski definition) is 2. The number of hydrogen-bond donors (Lipinski definition) is 0. The van der Waals surface area contributed by atoms with Crippen LogP contribution in [0.3, 0.4) is 0 Å². The van der Waals surface area contributed by atoms with Gasteiger partial charge >= 0.3 is 0 Å². The van der Waals surface area contributed by atoms with Gasteiger partial charge in [0.2, 0.25) is 0 Å². The Morgan fingerprint density at radius 1 is 0.443 bits per heavy atom. The maximum atomic E-state index is 6.45. The minimum Gasteiger partial charge on any atom is -0.456 e. The highest BCUT2D eigenvalue weighted by molar-refractivity contribution is 7.26. The van der Waals surface area contributed by atoms with E-state index in [1.54, 1.807) is 0 Å². The number of furan rings is 1. The van der Waals surface area contributed by atoms with Crippen LogP contribution in [-0.4, -0.2) is 4.57 Å². The lowest BCUT2D eigenvalue weighted by Crippen LogP contribution is -2.33. The molecule has 0 bridgehead atoms. The summed E-state index contributed by atoms with van der Waals surface area (Å²) in [5.41, 5.74) is 13.5. The lowest BCUT2D eigenvalue weighted by molar-refractivity contribution is 0.332. The van der Waals surface area contributed by atoms with Crippen LogP contribution < -0.4 is 0 Å². The van der Waals surface area contributed by atoms with Gasteiger partial charge in [0, 0.05) is 52.8 Å². The third-order valence-corrected chi connectivity index (χ3v) is 15.3. The van der Waals surface area contributed by atoms with Gasteiger partial charge in [0.25, 0.3) is 0 Å². The monoisotopic (exact) mass is 801 g/mol. The molecule has 1 aliphatic carbocycles. The molecule has 0 saturated heterocycles. The van der Waals surface area contributed by atoms with E-state index in [0.717, 1.165) is 27.5 Å². The molecule has 61 heavy (non-hydrogen) atoms. The van der Waals surface area contributed by atoms with E-state index >= 15 is 0 Å². The molecular weight excluding hydrogens is 759 g/mol. The summed E-state index contributed by atoms with van der Waals surface area (Å²) in [7, 11) is 0. The first-order valence-electron chi connectivity index (χ1n) is 21.6. The fraction of sp³-hybridized carbons (Fsp3) is 0.138. The molecule has 0 spiro atoms. The van der Waals surface area contributed by atoms with E-state index in [1.165, 1.54) is 110 Å². The molecule has 292 valence electrons. The smallest absolute Gasteiger partial charge is 0.136 e. The Morgan fingerprint density at radius 3 is 1.90 bits per heavy atom. The molecule has 0 aliphatic heterocycles. The van der Waals surface area contributed by atoms with Crippen LogP contribution in [0.4, 0.5) is 0 Å². The van der Waals surface area contributed by atoms with Crippen molar-refractivity contribution in [1.82, 2.24) is 4.57 Å². The molecule has 0 atom stereocenters. The summed E-state index contributed by atoms with van der Waals surface area (Å²) >= 11 is 1.88. The molecule has 0 unspecified atom stereocenters. The van der Waals surface area contributed by atoms with Crippen molar-refractivity contribution in [1.29, 1.82) is 0 Å². The van der Waals surface area contributed by atoms with E-state index in [4.69, 9.17) is 4.42 Å². The zero-order chi connectivity index (χ0) is 40.8. The molecule has 3 heterocycles. The minimum absolute atomic E-state index is 0.0771. The van der Waals surface area contributed by atoms with E-state index in [2.05, 4.69) is 190 Å². The second-order valence-corrected chi connectivity index (χ2v) is 19.8. The number of benzene rings is 9. The van der Waals surface area contributed by atoms with Crippen molar-refractivity contribution < 1.29 is 4.42 Å². The molecule has 0 fully saturated rings. The van der Waals surface area contributed by atoms with E-state index in [1.807, 2.05) is 17.4 Å². The average Bonchev–Trinajstić information content (AvgIpc) is 3.97. The van der Waals surface area contributed by atoms with Gasteiger partial charge in [0.1, 0.15) is 11.2 Å².